The van der Waals surface area contributed by atoms with E-state index in [1.807, 2.05) is 6.92 Å². The Morgan fingerprint density at radius 3 is 2.56 bits per heavy atom. The van der Waals surface area contributed by atoms with Gasteiger partial charge in [0.25, 0.3) is 0 Å². The summed E-state index contributed by atoms with van der Waals surface area (Å²) in [7, 11) is 4.17. The van der Waals surface area contributed by atoms with E-state index in [0.29, 0.717) is 6.54 Å². The van der Waals surface area contributed by atoms with Crippen LogP contribution >= 0.6 is 24.0 Å². The van der Waals surface area contributed by atoms with Crippen LogP contribution in [0, 0.1) is 0 Å². The Morgan fingerprint density at radius 1 is 1.12 bits per heavy atom. The topological polar surface area (TPSA) is 48.9 Å². The van der Waals surface area contributed by atoms with Crippen LogP contribution in [0.25, 0.3) is 0 Å². The van der Waals surface area contributed by atoms with Crippen LogP contribution in [0.4, 0.5) is 0 Å². The van der Waals surface area contributed by atoms with E-state index in [-0.39, 0.29) is 24.0 Å². The number of benzene rings is 1. The molecule has 25 heavy (non-hydrogen) atoms. The van der Waals surface area contributed by atoms with Crippen molar-refractivity contribution in [2.75, 3.05) is 40.4 Å². The SMILES string of the molecule is CCNC(=NCc1cccc(CN(C)C)c1)NCCCCOCC.I. The Hall–Kier alpha value is -0.860. The number of unbranched alkanes of at least 4 members (excludes halogenated alkanes) is 1. The molecule has 0 bridgehead atoms. The highest BCUT2D eigenvalue weighted by Crippen LogP contribution is 2.08. The highest BCUT2D eigenvalue weighted by molar-refractivity contribution is 14.0. The second-order valence-electron chi connectivity index (χ2n) is 6.08. The smallest absolute Gasteiger partial charge is 0.191 e. The lowest BCUT2D eigenvalue weighted by Gasteiger charge is -2.12. The Labute approximate surface area is 170 Å². The standard InChI is InChI=1S/C19H34N4O.HI/c1-5-20-19(21-12-7-8-13-24-6-2)22-15-17-10-9-11-18(14-17)16-23(3)4;/h9-11,14H,5-8,12-13,15-16H2,1-4H3,(H2,20,21,22);1H. The summed E-state index contributed by atoms with van der Waals surface area (Å²) in [6, 6.07) is 8.64. The summed E-state index contributed by atoms with van der Waals surface area (Å²) in [5.74, 6) is 0.881. The maximum absolute atomic E-state index is 5.35. The molecular weight excluding hydrogens is 427 g/mol. The first-order chi connectivity index (χ1) is 11.7. The van der Waals surface area contributed by atoms with Crippen molar-refractivity contribution in [1.82, 2.24) is 15.5 Å². The lowest BCUT2D eigenvalue weighted by Crippen LogP contribution is -2.37. The first kappa shape index (κ1) is 24.1. The van der Waals surface area contributed by atoms with E-state index in [1.165, 1.54) is 11.1 Å². The Kier molecular flexibility index (Phi) is 14.9. The second-order valence-corrected chi connectivity index (χ2v) is 6.08. The van der Waals surface area contributed by atoms with E-state index in [4.69, 9.17) is 4.74 Å². The molecule has 0 fully saturated rings. The monoisotopic (exact) mass is 462 g/mol. The fourth-order valence-electron chi connectivity index (χ4n) is 2.38. The molecule has 0 heterocycles. The fourth-order valence-corrected chi connectivity index (χ4v) is 2.38. The molecule has 0 saturated heterocycles. The van der Waals surface area contributed by atoms with Gasteiger partial charge in [0.15, 0.2) is 5.96 Å². The van der Waals surface area contributed by atoms with Crippen LogP contribution in [0.5, 0.6) is 0 Å². The highest BCUT2D eigenvalue weighted by atomic mass is 127. The third kappa shape index (κ3) is 12.2. The predicted octanol–water partition coefficient (Wildman–Crippen LogP) is 3.24. The van der Waals surface area contributed by atoms with Crippen molar-refractivity contribution in [2.45, 2.75) is 39.8 Å². The zero-order valence-corrected chi connectivity index (χ0v) is 18.5. The van der Waals surface area contributed by atoms with Crippen LogP contribution in [-0.2, 0) is 17.8 Å². The fraction of sp³-hybridized carbons (Fsp3) is 0.632. The maximum Gasteiger partial charge on any atom is 0.191 e. The molecule has 1 aromatic carbocycles. The minimum Gasteiger partial charge on any atom is -0.382 e. The summed E-state index contributed by atoms with van der Waals surface area (Å²) in [4.78, 5) is 6.86. The van der Waals surface area contributed by atoms with Crippen molar-refractivity contribution < 1.29 is 4.74 Å². The molecule has 0 amide bonds. The van der Waals surface area contributed by atoms with Crippen molar-refractivity contribution in [3.8, 4) is 0 Å². The van der Waals surface area contributed by atoms with Crippen LogP contribution in [0.3, 0.4) is 0 Å². The van der Waals surface area contributed by atoms with E-state index in [9.17, 15) is 0 Å². The number of nitrogens with zero attached hydrogens (tertiary/aromatic N) is 2. The molecule has 144 valence electrons. The first-order valence-corrected chi connectivity index (χ1v) is 8.98. The molecule has 0 spiro atoms. The van der Waals surface area contributed by atoms with Gasteiger partial charge in [0.2, 0.25) is 0 Å². The average molecular weight is 462 g/mol. The van der Waals surface area contributed by atoms with Gasteiger partial charge >= 0.3 is 0 Å². The summed E-state index contributed by atoms with van der Waals surface area (Å²) in [6.45, 7) is 9.18. The summed E-state index contributed by atoms with van der Waals surface area (Å²) in [5.41, 5.74) is 2.56. The Morgan fingerprint density at radius 2 is 1.88 bits per heavy atom. The number of halogens is 1. The first-order valence-electron chi connectivity index (χ1n) is 8.98. The van der Waals surface area contributed by atoms with Gasteiger partial charge in [0, 0.05) is 32.8 Å². The number of aliphatic imine (C=N–C) groups is 1. The summed E-state index contributed by atoms with van der Waals surface area (Å²) < 4.78 is 5.35. The summed E-state index contributed by atoms with van der Waals surface area (Å²) >= 11 is 0. The molecule has 0 radical (unpaired) electrons. The zero-order chi connectivity index (χ0) is 17.6. The van der Waals surface area contributed by atoms with Crippen molar-refractivity contribution in [2.24, 2.45) is 4.99 Å². The van der Waals surface area contributed by atoms with Crippen LogP contribution < -0.4 is 10.6 Å². The molecule has 2 N–H and O–H groups in total. The molecule has 1 rings (SSSR count). The largest absolute Gasteiger partial charge is 0.382 e. The van der Waals surface area contributed by atoms with E-state index in [2.05, 4.69) is 65.8 Å². The molecular formula is C19H35IN4O. The van der Waals surface area contributed by atoms with Crippen LogP contribution in [0.15, 0.2) is 29.3 Å². The third-order valence-electron chi connectivity index (χ3n) is 3.47. The van der Waals surface area contributed by atoms with Gasteiger partial charge in [-0.1, -0.05) is 24.3 Å². The highest BCUT2D eigenvalue weighted by Gasteiger charge is 2.00. The number of hydrogen-bond acceptors (Lipinski definition) is 3. The van der Waals surface area contributed by atoms with Crippen LogP contribution in [0.1, 0.15) is 37.8 Å². The van der Waals surface area contributed by atoms with Crippen molar-refractivity contribution in [3.05, 3.63) is 35.4 Å². The van der Waals surface area contributed by atoms with E-state index < -0.39 is 0 Å². The zero-order valence-electron chi connectivity index (χ0n) is 16.2. The second kappa shape index (κ2) is 15.4. The molecule has 1 aromatic rings. The number of hydrogen-bond donors (Lipinski definition) is 2. The number of ether oxygens (including phenoxy) is 1. The minimum absolute atomic E-state index is 0. The van der Waals surface area contributed by atoms with Crippen molar-refractivity contribution in [1.29, 1.82) is 0 Å². The average Bonchev–Trinajstić information content (AvgIpc) is 2.55. The predicted molar refractivity (Wildman–Crippen MR) is 118 cm³/mol. The van der Waals surface area contributed by atoms with Gasteiger partial charge in [-0.05, 0) is 51.9 Å². The van der Waals surface area contributed by atoms with E-state index in [1.54, 1.807) is 0 Å². The van der Waals surface area contributed by atoms with Gasteiger partial charge in [0.1, 0.15) is 0 Å². The lowest BCUT2D eigenvalue weighted by atomic mass is 10.1. The molecule has 0 aliphatic carbocycles. The Bertz CT molecular complexity index is 480. The Balaban J connectivity index is 0.00000576. The molecule has 0 aromatic heterocycles. The van der Waals surface area contributed by atoms with Gasteiger partial charge < -0.3 is 20.3 Å². The molecule has 0 atom stereocenters. The summed E-state index contributed by atoms with van der Waals surface area (Å²) in [5, 5.41) is 6.69. The minimum atomic E-state index is 0. The molecule has 5 nitrogen and oxygen atoms in total. The summed E-state index contributed by atoms with van der Waals surface area (Å²) in [6.07, 6.45) is 2.16. The van der Waals surface area contributed by atoms with Gasteiger partial charge in [-0.2, -0.15) is 0 Å². The van der Waals surface area contributed by atoms with Gasteiger partial charge in [-0.25, -0.2) is 4.99 Å². The molecule has 0 unspecified atom stereocenters. The van der Waals surface area contributed by atoms with E-state index in [0.717, 1.165) is 51.6 Å². The molecule has 6 heteroatoms. The lowest BCUT2D eigenvalue weighted by molar-refractivity contribution is 0.143. The van der Waals surface area contributed by atoms with Gasteiger partial charge in [-0.3, -0.25) is 0 Å². The van der Waals surface area contributed by atoms with Crippen molar-refractivity contribution in [3.63, 3.8) is 0 Å². The van der Waals surface area contributed by atoms with Gasteiger partial charge in [0.05, 0.1) is 6.54 Å². The molecule has 0 saturated carbocycles. The quantitative estimate of drug-likeness (QED) is 0.230. The van der Waals surface area contributed by atoms with E-state index >= 15 is 0 Å². The maximum atomic E-state index is 5.35. The molecule has 0 aliphatic rings. The number of guanidine groups is 1. The number of nitrogens with one attached hydrogen (secondary N) is 2. The van der Waals surface area contributed by atoms with Crippen molar-refractivity contribution >= 4 is 29.9 Å². The van der Waals surface area contributed by atoms with Crippen LogP contribution in [-0.4, -0.2) is 51.3 Å². The van der Waals surface area contributed by atoms with Gasteiger partial charge in [-0.15, -0.1) is 24.0 Å². The number of rotatable bonds is 11. The normalized spacial score (nSPS) is 11.3. The van der Waals surface area contributed by atoms with Crippen LogP contribution in [0.2, 0.25) is 0 Å². The third-order valence-corrected chi connectivity index (χ3v) is 3.47. The molecule has 0 aliphatic heterocycles.